The maximum atomic E-state index is 13.7. The van der Waals surface area contributed by atoms with Crippen molar-refractivity contribution in [3.05, 3.63) is 135 Å². The lowest BCUT2D eigenvalue weighted by Gasteiger charge is -2.18. The SMILES string of the molecule is CCOC(=O)Cc1cc(C(=O)c2ccco2)sc1-c1ccc(OC)c(C(C)OC(=O)Cc2cc(C(=O)c3ccccc3OC)sc2-c2ccc(OC)cc2)c1. The summed E-state index contributed by atoms with van der Waals surface area (Å²) in [6.45, 7) is 3.70. The van der Waals surface area contributed by atoms with Gasteiger partial charge >= 0.3 is 11.9 Å². The van der Waals surface area contributed by atoms with Crippen LogP contribution in [0.2, 0.25) is 0 Å². The predicted molar refractivity (Wildman–Crippen MR) is 210 cm³/mol. The van der Waals surface area contributed by atoms with E-state index < -0.39 is 18.0 Å². The van der Waals surface area contributed by atoms with Gasteiger partial charge in [0.05, 0.1) is 62.4 Å². The molecule has 3 aromatic heterocycles. The number of ether oxygens (including phenoxy) is 5. The van der Waals surface area contributed by atoms with Gasteiger partial charge in [0.1, 0.15) is 23.4 Å². The molecule has 0 aliphatic rings. The molecule has 0 aliphatic heterocycles. The molecule has 0 radical (unpaired) electrons. The summed E-state index contributed by atoms with van der Waals surface area (Å²) in [5.41, 5.74) is 3.74. The minimum absolute atomic E-state index is 0.0459. The van der Waals surface area contributed by atoms with Crippen molar-refractivity contribution in [1.29, 1.82) is 0 Å². The topological polar surface area (TPSA) is 128 Å². The van der Waals surface area contributed by atoms with Gasteiger partial charge in [-0.05, 0) is 115 Å². The summed E-state index contributed by atoms with van der Waals surface area (Å²) < 4.78 is 33.1. The molecule has 3 aromatic carbocycles. The largest absolute Gasteiger partial charge is 0.497 e. The summed E-state index contributed by atoms with van der Waals surface area (Å²) in [7, 11) is 4.62. The smallest absolute Gasteiger partial charge is 0.310 e. The summed E-state index contributed by atoms with van der Waals surface area (Å²) in [6, 6.07) is 26.5. The van der Waals surface area contributed by atoms with Crippen LogP contribution in [-0.4, -0.2) is 51.4 Å². The van der Waals surface area contributed by atoms with E-state index in [1.165, 1.54) is 43.2 Å². The zero-order valence-electron chi connectivity index (χ0n) is 30.8. The van der Waals surface area contributed by atoms with Gasteiger partial charge in [0.25, 0.3) is 0 Å². The quantitative estimate of drug-likeness (QED) is 0.0693. The molecule has 0 fully saturated rings. The molecule has 0 aliphatic carbocycles. The van der Waals surface area contributed by atoms with Gasteiger partial charge < -0.3 is 28.1 Å². The Hall–Kier alpha value is -5.98. The maximum absolute atomic E-state index is 13.7. The first-order chi connectivity index (χ1) is 26.6. The van der Waals surface area contributed by atoms with E-state index in [-0.39, 0.29) is 36.8 Å². The molecule has 0 bridgehead atoms. The molecular formula is C43H38O10S2. The first-order valence-corrected chi connectivity index (χ1v) is 19.0. The van der Waals surface area contributed by atoms with E-state index in [1.807, 2.05) is 36.4 Å². The number of rotatable bonds is 16. The van der Waals surface area contributed by atoms with E-state index in [1.54, 1.807) is 75.6 Å². The average Bonchev–Trinajstić information content (AvgIpc) is 3.98. The average molecular weight is 779 g/mol. The number of methoxy groups -OCH3 is 3. The van der Waals surface area contributed by atoms with Gasteiger partial charge in [-0.3, -0.25) is 19.2 Å². The highest BCUT2D eigenvalue weighted by Gasteiger charge is 2.25. The lowest BCUT2D eigenvalue weighted by molar-refractivity contribution is -0.147. The van der Waals surface area contributed by atoms with Crippen LogP contribution in [0.1, 0.15) is 67.3 Å². The van der Waals surface area contributed by atoms with Crippen molar-refractivity contribution in [2.45, 2.75) is 32.8 Å². The molecule has 0 saturated carbocycles. The Morgan fingerprint density at radius 3 is 1.95 bits per heavy atom. The van der Waals surface area contributed by atoms with Crippen molar-refractivity contribution < 1.29 is 47.3 Å². The lowest BCUT2D eigenvalue weighted by atomic mass is 10.0. The van der Waals surface area contributed by atoms with Gasteiger partial charge in [-0.2, -0.15) is 0 Å². The normalized spacial score (nSPS) is 11.4. The van der Waals surface area contributed by atoms with E-state index >= 15 is 0 Å². The van der Waals surface area contributed by atoms with E-state index in [0.717, 1.165) is 10.4 Å². The van der Waals surface area contributed by atoms with Crippen LogP contribution in [0, 0.1) is 0 Å². The van der Waals surface area contributed by atoms with Gasteiger partial charge in [0, 0.05) is 15.3 Å². The van der Waals surface area contributed by atoms with Crippen molar-refractivity contribution in [2.24, 2.45) is 0 Å². The third-order valence-electron chi connectivity index (χ3n) is 8.73. The number of thiophene rings is 2. The molecule has 282 valence electrons. The summed E-state index contributed by atoms with van der Waals surface area (Å²) in [4.78, 5) is 55.6. The van der Waals surface area contributed by atoms with Gasteiger partial charge in [-0.15, -0.1) is 22.7 Å². The Bertz CT molecular complexity index is 2320. The first kappa shape index (κ1) is 38.7. The standard InChI is InChI=1S/C43H38O10S2/c1-6-51-38(44)23-28-22-37(41(47)35-12-9-19-52-35)55-43(28)27-15-18-34(50-5)32(20-27)25(2)53-39(45)24-29-21-36(40(46)31-10-7-8-11-33(31)49-4)54-42(29)26-13-16-30(48-3)17-14-26/h7-22,25H,6,23-24H2,1-5H3. The molecular weight excluding hydrogens is 741 g/mol. The molecule has 10 nitrogen and oxygen atoms in total. The second-order valence-corrected chi connectivity index (χ2v) is 14.3. The Balaban J connectivity index is 1.30. The molecule has 55 heavy (non-hydrogen) atoms. The summed E-state index contributed by atoms with van der Waals surface area (Å²) in [5.74, 6) is 0.316. The lowest BCUT2D eigenvalue weighted by Crippen LogP contribution is -2.12. The fourth-order valence-corrected chi connectivity index (χ4v) is 8.35. The first-order valence-electron chi connectivity index (χ1n) is 17.3. The molecule has 6 rings (SSSR count). The van der Waals surface area contributed by atoms with Crippen molar-refractivity contribution in [1.82, 2.24) is 0 Å². The molecule has 0 N–H and O–H groups in total. The van der Waals surface area contributed by atoms with E-state index in [2.05, 4.69) is 0 Å². The van der Waals surface area contributed by atoms with Crippen LogP contribution in [0.25, 0.3) is 20.9 Å². The fourth-order valence-electron chi connectivity index (χ4n) is 6.09. The van der Waals surface area contributed by atoms with Crippen LogP contribution in [0.15, 0.2) is 102 Å². The Morgan fingerprint density at radius 1 is 0.673 bits per heavy atom. The van der Waals surface area contributed by atoms with E-state index in [4.69, 9.17) is 28.1 Å². The summed E-state index contributed by atoms with van der Waals surface area (Å²) in [6.07, 6.45) is 0.503. The Kier molecular flexibility index (Phi) is 12.3. The molecule has 12 heteroatoms. The van der Waals surface area contributed by atoms with Gasteiger partial charge in [-0.25, -0.2) is 0 Å². The van der Waals surface area contributed by atoms with Gasteiger partial charge in [0.15, 0.2) is 5.76 Å². The third-order valence-corrected chi connectivity index (χ3v) is 11.2. The van der Waals surface area contributed by atoms with Crippen LogP contribution in [0.4, 0.5) is 0 Å². The number of esters is 2. The van der Waals surface area contributed by atoms with Crippen LogP contribution in [0.5, 0.6) is 17.2 Å². The highest BCUT2D eigenvalue weighted by Crippen LogP contribution is 2.40. The number of furan rings is 1. The number of para-hydroxylation sites is 1. The zero-order valence-corrected chi connectivity index (χ0v) is 32.5. The minimum atomic E-state index is -0.766. The van der Waals surface area contributed by atoms with Crippen LogP contribution >= 0.6 is 22.7 Å². The Labute approximate surface area is 326 Å². The predicted octanol–water partition coefficient (Wildman–Crippen LogP) is 9.18. The molecule has 0 amide bonds. The molecule has 0 saturated heterocycles. The highest BCUT2D eigenvalue weighted by molar-refractivity contribution is 7.18. The Morgan fingerprint density at radius 2 is 1.31 bits per heavy atom. The molecule has 1 atom stereocenters. The van der Waals surface area contributed by atoms with Crippen molar-refractivity contribution in [3.63, 3.8) is 0 Å². The number of carbonyl (C=O) groups excluding carboxylic acids is 4. The number of carbonyl (C=O) groups is 4. The fraction of sp³-hybridized carbons (Fsp3) is 0.209. The maximum Gasteiger partial charge on any atom is 0.310 e. The minimum Gasteiger partial charge on any atom is -0.497 e. The van der Waals surface area contributed by atoms with E-state index in [0.29, 0.717) is 59.7 Å². The third kappa shape index (κ3) is 8.72. The monoisotopic (exact) mass is 778 g/mol. The van der Waals surface area contributed by atoms with Crippen LogP contribution in [0.3, 0.4) is 0 Å². The van der Waals surface area contributed by atoms with Gasteiger partial charge in [-0.1, -0.05) is 12.1 Å². The molecule has 3 heterocycles. The number of hydrogen-bond acceptors (Lipinski definition) is 12. The van der Waals surface area contributed by atoms with Crippen LogP contribution in [-0.2, 0) is 31.9 Å². The molecule has 0 spiro atoms. The molecule has 6 aromatic rings. The number of benzene rings is 3. The summed E-state index contributed by atoms with van der Waals surface area (Å²) in [5, 5.41) is 0. The highest BCUT2D eigenvalue weighted by atomic mass is 32.1. The van der Waals surface area contributed by atoms with Gasteiger partial charge in [0.2, 0.25) is 11.6 Å². The van der Waals surface area contributed by atoms with Crippen molar-refractivity contribution in [2.75, 3.05) is 27.9 Å². The van der Waals surface area contributed by atoms with E-state index in [9.17, 15) is 19.2 Å². The van der Waals surface area contributed by atoms with Crippen LogP contribution < -0.4 is 14.2 Å². The van der Waals surface area contributed by atoms with Crippen molar-refractivity contribution in [3.8, 4) is 38.1 Å². The molecule has 1 unspecified atom stereocenters. The zero-order chi connectivity index (χ0) is 39.1. The second kappa shape index (κ2) is 17.4. The number of ketones is 2. The number of hydrogen-bond donors (Lipinski definition) is 0. The summed E-state index contributed by atoms with van der Waals surface area (Å²) >= 11 is 2.51. The second-order valence-electron chi connectivity index (χ2n) is 12.2. The van der Waals surface area contributed by atoms with Crippen molar-refractivity contribution >= 4 is 46.2 Å².